The quantitative estimate of drug-likeness (QED) is 0.646. The summed E-state index contributed by atoms with van der Waals surface area (Å²) >= 11 is 0. The summed E-state index contributed by atoms with van der Waals surface area (Å²) in [5, 5.41) is 0. The summed E-state index contributed by atoms with van der Waals surface area (Å²) in [6.07, 6.45) is -0.349. The first-order valence-corrected chi connectivity index (χ1v) is 6.05. The van der Waals surface area contributed by atoms with Crippen molar-refractivity contribution < 1.29 is 22.9 Å². The summed E-state index contributed by atoms with van der Waals surface area (Å²) in [6, 6.07) is 0. The second-order valence-electron chi connectivity index (χ2n) is 2.09. The first-order valence-electron chi connectivity index (χ1n) is 3.85. The van der Waals surface area contributed by atoms with E-state index in [1.165, 1.54) is 0 Å². The third kappa shape index (κ3) is 5.37. The van der Waals surface area contributed by atoms with Gasteiger partial charge in [0, 0.05) is 0 Å². The van der Waals surface area contributed by atoms with Gasteiger partial charge >= 0.3 is 13.6 Å². The molecule has 0 spiro atoms. The maximum absolute atomic E-state index is 11.6. The molecule has 0 amide bonds. The van der Waals surface area contributed by atoms with Crippen molar-refractivity contribution in [3.05, 3.63) is 0 Å². The van der Waals surface area contributed by atoms with Crippen molar-refractivity contribution in [2.24, 2.45) is 0 Å². The van der Waals surface area contributed by atoms with E-state index < -0.39 is 13.6 Å². The van der Waals surface area contributed by atoms with E-state index in [1.54, 1.807) is 23.3 Å². The maximum Gasteiger partial charge on any atom is 0.341 e. The topological polar surface area (TPSA) is 61.8 Å². The number of hydrogen-bond donors (Lipinski definition) is 0. The van der Waals surface area contributed by atoms with Crippen LogP contribution in [0.3, 0.4) is 0 Å². The lowest BCUT2D eigenvalue weighted by atomic mass is 10.8. The van der Waals surface area contributed by atoms with Gasteiger partial charge in [-0.05, 0) is 13.8 Å². The van der Waals surface area contributed by atoms with Crippen molar-refractivity contribution in [1.82, 2.24) is 0 Å². The Hall–Kier alpha value is 0.0500. The van der Waals surface area contributed by atoms with Crippen LogP contribution in [0, 0.1) is 0 Å². The molecule has 0 saturated heterocycles. The molecule has 0 aromatic heterocycles. The van der Waals surface area contributed by atoms with Crippen LogP contribution in [0.25, 0.3) is 0 Å². The van der Waals surface area contributed by atoms with Gasteiger partial charge in [0.15, 0.2) is 0 Å². The molecule has 13 heavy (non-hydrogen) atoms. The van der Waals surface area contributed by atoms with Gasteiger partial charge in [0.05, 0.1) is 22.7 Å². The molecule has 1 unspecified atom stereocenters. The predicted octanol–water partition coefficient (Wildman–Crippen LogP) is 1.59. The fourth-order valence-electron chi connectivity index (χ4n) is 0.717. The molecule has 78 valence electrons. The van der Waals surface area contributed by atoms with Crippen LogP contribution < -0.4 is 0 Å². The highest BCUT2D eigenvalue weighted by molar-refractivity contribution is 7.54. The predicted molar refractivity (Wildman–Crippen MR) is 51.5 cm³/mol. The summed E-state index contributed by atoms with van der Waals surface area (Å²) in [6.45, 7) is 3.83. The van der Waals surface area contributed by atoms with E-state index in [0.29, 0.717) is 0 Å². The molecule has 0 aliphatic rings. The Labute approximate surface area is 79.9 Å². The normalized spacial score (nSPS) is 11.3. The van der Waals surface area contributed by atoms with E-state index >= 15 is 0 Å². The van der Waals surface area contributed by atoms with Crippen molar-refractivity contribution in [2.75, 3.05) is 19.4 Å². The molecule has 7 heteroatoms. The van der Waals surface area contributed by atoms with Crippen LogP contribution >= 0.6 is 17.1 Å². The lowest BCUT2D eigenvalue weighted by Gasteiger charge is -2.14. The maximum atomic E-state index is 11.6. The van der Waals surface area contributed by atoms with Gasteiger partial charge in [0.1, 0.15) is 6.16 Å². The van der Waals surface area contributed by atoms with Crippen LogP contribution in [0.5, 0.6) is 0 Å². The second kappa shape index (κ2) is 6.50. The van der Waals surface area contributed by atoms with Crippen molar-refractivity contribution in [1.29, 1.82) is 0 Å². The van der Waals surface area contributed by atoms with E-state index in [1.807, 2.05) is 0 Å². The van der Waals surface area contributed by atoms with E-state index in [9.17, 15) is 9.36 Å². The van der Waals surface area contributed by atoms with Gasteiger partial charge in [-0.2, -0.15) is 0 Å². The van der Waals surface area contributed by atoms with E-state index in [2.05, 4.69) is 4.52 Å². The minimum absolute atomic E-state index is 0.238. The third-order valence-electron chi connectivity index (χ3n) is 1.11. The SMILES string of the molecule is CCOP(=O)(CC(=O)OP)OCC. The lowest BCUT2D eigenvalue weighted by Crippen LogP contribution is -2.09. The average Bonchev–Trinajstić information content (AvgIpc) is 2.04. The Bertz CT molecular complexity index is 195. The summed E-state index contributed by atoms with van der Waals surface area (Å²) in [5.74, 6) is -0.629. The van der Waals surface area contributed by atoms with Crippen molar-refractivity contribution in [3.8, 4) is 0 Å². The molecular formula is C6H14O5P2. The first kappa shape index (κ1) is 13.1. The Morgan fingerprint density at radius 2 is 1.77 bits per heavy atom. The molecule has 0 radical (unpaired) electrons. The summed E-state index contributed by atoms with van der Waals surface area (Å²) in [7, 11) is -1.49. The molecule has 0 saturated carbocycles. The Balaban J connectivity index is 4.23. The molecule has 5 nitrogen and oxygen atoms in total. The number of carbonyl (C=O) groups excluding carboxylic acids is 1. The standard InChI is InChI=1S/C6H14O5P2/c1-3-9-13(8,10-4-2)5-6(7)11-12/h3-5,12H2,1-2H3. The van der Waals surface area contributed by atoms with Crippen molar-refractivity contribution in [3.63, 3.8) is 0 Å². The zero-order chi connectivity index (χ0) is 10.3. The molecule has 0 fully saturated rings. The van der Waals surface area contributed by atoms with Gasteiger partial charge < -0.3 is 13.6 Å². The summed E-state index contributed by atoms with van der Waals surface area (Å²) in [5.41, 5.74) is 0. The molecule has 0 N–H and O–H groups in total. The molecule has 0 bridgehead atoms. The highest BCUT2D eigenvalue weighted by atomic mass is 31.2. The summed E-state index contributed by atoms with van der Waals surface area (Å²) < 4.78 is 25.6. The number of rotatable bonds is 6. The molecule has 0 rings (SSSR count). The van der Waals surface area contributed by atoms with Crippen LogP contribution in [0.4, 0.5) is 0 Å². The van der Waals surface area contributed by atoms with Crippen LogP contribution in [0.15, 0.2) is 0 Å². The number of carbonyl (C=O) groups is 1. The van der Waals surface area contributed by atoms with E-state index in [0.717, 1.165) is 0 Å². The lowest BCUT2D eigenvalue weighted by molar-refractivity contribution is -0.130. The van der Waals surface area contributed by atoms with Crippen LogP contribution in [-0.4, -0.2) is 25.3 Å². The highest BCUT2D eigenvalue weighted by Gasteiger charge is 2.27. The third-order valence-corrected chi connectivity index (χ3v) is 3.32. The Kier molecular flexibility index (Phi) is 6.52. The fraction of sp³-hybridized carbons (Fsp3) is 0.833. The van der Waals surface area contributed by atoms with Gasteiger partial charge in [-0.3, -0.25) is 9.36 Å². The molecular weight excluding hydrogens is 214 g/mol. The Morgan fingerprint density at radius 1 is 1.31 bits per heavy atom. The monoisotopic (exact) mass is 228 g/mol. The molecule has 0 aromatic rings. The molecule has 0 heterocycles. The molecule has 0 aromatic carbocycles. The van der Waals surface area contributed by atoms with Crippen molar-refractivity contribution in [2.45, 2.75) is 13.8 Å². The van der Waals surface area contributed by atoms with E-state index in [-0.39, 0.29) is 19.4 Å². The molecule has 1 atom stereocenters. The molecule has 0 aliphatic heterocycles. The smallest absolute Gasteiger partial charge is 0.341 e. The minimum Gasteiger partial charge on any atom is -0.451 e. The largest absolute Gasteiger partial charge is 0.451 e. The van der Waals surface area contributed by atoms with Gasteiger partial charge in [-0.25, -0.2) is 0 Å². The minimum atomic E-state index is -3.28. The zero-order valence-electron chi connectivity index (χ0n) is 7.69. The first-order chi connectivity index (χ1) is 6.08. The van der Waals surface area contributed by atoms with Crippen LogP contribution in [0.1, 0.15) is 13.8 Å². The van der Waals surface area contributed by atoms with E-state index in [4.69, 9.17) is 9.05 Å². The Morgan fingerprint density at radius 3 is 2.08 bits per heavy atom. The van der Waals surface area contributed by atoms with Crippen LogP contribution in [-0.2, 0) is 22.9 Å². The van der Waals surface area contributed by atoms with Crippen LogP contribution in [0.2, 0.25) is 0 Å². The fourth-order valence-corrected chi connectivity index (χ4v) is 2.38. The van der Waals surface area contributed by atoms with Gasteiger partial charge in [-0.15, -0.1) is 0 Å². The van der Waals surface area contributed by atoms with Gasteiger partial charge in [0.2, 0.25) is 0 Å². The number of hydrogen-bond acceptors (Lipinski definition) is 5. The van der Waals surface area contributed by atoms with Gasteiger partial charge in [-0.1, -0.05) is 0 Å². The zero-order valence-corrected chi connectivity index (χ0v) is 9.74. The summed E-state index contributed by atoms with van der Waals surface area (Å²) in [4.78, 5) is 10.8. The molecule has 0 aliphatic carbocycles. The average molecular weight is 228 g/mol. The second-order valence-corrected chi connectivity index (χ2v) is 4.38. The highest BCUT2D eigenvalue weighted by Crippen LogP contribution is 2.47. The van der Waals surface area contributed by atoms with Gasteiger partial charge in [0.25, 0.3) is 0 Å². The van der Waals surface area contributed by atoms with Crippen molar-refractivity contribution >= 4 is 23.0 Å².